The van der Waals surface area contributed by atoms with Crippen molar-refractivity contribution in [3.63, 3.8) is 0 Å². The SMILES string of the molecule is O=C(C[C@@]1(O)C(=O)Nc2ccc([N+](=O)[O-])cc21)c1ccc(Br)s1. The number of nitrogens with one attached hydrogen (secondary N) is 1. The van der Waals surface area contributed by atoms with Gasteiger partial charge in [-0.05, 0) is 34.1 Å². The zero-order valence-corrected chi connectivity index (χ0v) is 13.8. The standard InChI is InChI=1S/C14H9BrN2O5S/c15-12-4-3-11(23-12)10(18)6-14(20)8-5-7(17(21)22)1-2-9(8)16-13(14)19/h1-5,20H,6H2,(H,16,19)/t14-/m0/s1. The van der Waals surface area contributed by atoms with Gasteiger partial charge in [0.1, 0.15) is 0 Å². The summed E-state index contributed by atoms with van der Waals surface area (Å²) in [4.78, 5) is 35.1. The Hall–Kier alpha value is -2.10. The van der Waals surface area contributed by atoms with Crippen LogP contribution in [0.4, 0.5) is 11.4 Å². The molecule has 0 fully saturated rings. The van der Waals surface area contributed by atoms with Gasteiger partial charge in [0.2, 0.25) is 0 Å². The molecule has 9 heteroatoms. The topological polar surface area (TPSA) is 110 Å². The van der Waals surface area contributed by atoms with Gasteiger partial charge in [-0.15, -0.1) is 11.3 Å². The molecule has 0 saturated heterocycles. The molecule has 0 spiro atoms. The Balaban J connectivity index is 1.98. The number of anilines is 1. The van der Waals surface area contributed by atoms with Crippen LogP contribution in [0.2, 0.25) is 0 Å². The third-order valence-electron chi connectivity index (χ3n) is 3.55. The molecule has 2 heterocycles. The van der Waals surface area contributed by atoms with Gasteiger partial charge in [0.05, 0.1) is 20.0 Å². The van der Waals surface area contributed by atoms with E-state index in [1.165, 1.54) is 23.5 Å². The second-order valence-electron chi connectivity index (χ2n) is 5.01. The first-order chi connectivity index (χ1) is 10.8. The summed E-state index contributed by atoms with van der Waals surface area (Å²) in [6, 6.07) is 6.96. The first-order valence-corrected chi connectivity index (χ1v) is 8.03. The zero-order valence-electron chi connectivity index (χ0n) is 11.4. The molecule has 1 aliphatic rings. The summed E-state index contributed by atoms with van der Waals surface area (Å²) in [5, 5.41) is 24.0. The van der Waals surface area contributed by atoms with Crippen LogP contribution in [0.15, 0.2) is 34.1 Å². The number of aliphatic hydroxyl groups is 1. The van der Waals surface area contributed by atoms with Crippen LogP contribution in [0.5, 0.6) is 0 Å². The highest BCUT2D eigenvalue weighted by Gasteiger charge is 2.47. The van der Waals surface area contributed by atoms with E-state index in [1.807, 2.05) is 0 Å². The number of amides is 1. The first kappa shape index (κ1) is 15.8. The van der Waals surface area contributed by atoms with E-state index in [4.69, 9.17) is 0 Å². The average molecular weight is 397 g/mol. The number of nitro benzene ring substituents is 1. The van der Waals surface area contributed by atoms with Crippen molar-refractivity contribution in [1.29, 1.82) is 0 Å². The van der Waals surface area contributed by atoms with Crippen LogP contribution in [0, 0.1) is 10.1 Å². The molecule has 118 valence electrons. The Kier molecular flexibility index (Phi) is 3.78. The van der Waals surface area contributed by atoms with Crippen LogP contribution in [0.1, 0.15) is 21.7 Å². The molecule has 0 aliphatic carbocycles. The van der Waals surface area contributed by atoms with Crippen molar-refractivity contribution < 1.29 is 19.6 Å². The molecule has 0 unspecified atom stereocenters. The van der Waals surface area contributed by atoms with E-state index in [-0.39, 0.29) is 16.9 Å². The summed E-state index contributed by atoms with van der Waals surface area (Å²) in [7, 11) is 0. The Labute approximate surface area is 142 Å². The number of nitro groups is 1. The molecule has 1 aromatic heterocycles. The Bertz CT molecular complexity index is 849. The van der Waals surface area contributed by atoms with Gasteiger partial charge in [0, 0.05) is 23.4 Å². The minimum Gasteiger partial charge on any atom is -0.375 e. The number of carbonyl (C=O) groups excluding carboxylic acids is 2. The van der Waals surface area contributed by atoms with Crippen LogP contribution in [0.25, 0.3) is 0 Å². The van der Waals surface area contributed by atoms with Gasteiger partial charge in [0.25, 0.3) is 11.6 Å². The Morgan fingerprint density at radius 1 is 1.39 bits per heavy atom. The monoisotopic (exact) mass is 396 g/mol. The smallest absolute Gasteiger partial charge is 0.269 e. The van der Waals surface area contributed by atoms with Crippen molar-refractivity contribution in [2.75, 3.05) is 5.32 Å². The highest BCUT2D eigenvalue weighted by Crippen LogP contribution is 2.41. The molecule has 23 heavy (non-hydrogen) atoms. The predicted molar refractivity (Wildman–Crippen MR) is 86.6 cm³/mol. The molecule has 2 N–H and O–H groups in total. The van der Waals surface area contributed by atoms with E-state index in [0.29, 0.717) is 4.88 Å². The van der Waals surface area contributed by atoms with E-state index < -0.39 is 28.6 Å². The number of Topliss-reactive ketones (excluding diaryl/α,β-unsaturated/α-hetero) is 1. The summed E-state index contributed by atoms with van der Waals surface area (Å²) in [6.45, 7) is 0. The number of benzene rings is 1. The summed E-state index contributed by atoms with van der Waals surface area (Å²) < 4.78 is 0.750. The number of non-ortho nitro benzene ring substituents is 1. The maximum atomic E-state index is 12.3. The molecular formula is C14H9BrN2O5S. The summed E-state index contributed by atoms with van der Waals surface area (Å²) in [5.41, 5.74) is -2.07. The van der Waals surface area contributed by atoms with Gasteiger partial charge in [-0.1, -0.05) is 0 Å². The van der Waals surface area contributed by atoms with Crippen molar-refractivity contribution >= 4 is 50.3 Å². The molecule has 1 atom stereocenters. The number of nitrogens with zero attached hydrogens (tertiary/aromatic N) is 1. The van der Waals surface area contributed by atoms with Gasteiger partial charge < -0.3 is 10.4 Å². The molecule has 0 saturated carbocycles. The van der Waals surface area contributed by atoms with Crippen LogP contribution in [-0.4, -0.2) is 21.7 Å². The number of halogens is 1. The second kappa shape index (κ2) is 5.52. The Morgan fingerprint density at radius 3 is 2.74 bits per heavy atom. The largest absolute Gasteiger partial charge is 0.375 e. The van der Waals surface area contributed by atoms with Gasteiger partial charge in [-0.3, -0.25) is 19.7 Å². The maximum Gasteiger partial charge on any atom is 0.269 e. The third-order valence-corrected chi connectivity index (χ3v) is 5.21. The normalized spacial score (nSPS) is 19.3. The number of rotatable bonds is 4. The summed E-state index contributed by atoms with van der Waals surface area (Å²) in [5.74, 6) is -1.19. The number of carbonyl (C=O) groups is 2. The lowest BCUT2D eigenvalue weighted by Gasteiger charge is -2.19. The van der Waals surface area contributed by atoms with E-state index >= 15 is 0 Å². The molecule has 0 bridgehead atoms. The second-order valence-corrected chi connectivity index (χ2v) is 7.47. The van der Waals surface area contributed by atoms with Gasteiger partial charge in [0.15, 0.2) is 11.4 Å². The fourth-order valence-electron chi connectivity index (χ4n) is 2.40. The van der Waals surface area contributed by atoms with Crippen molar-refractivity contribution in [3.05, 3.63) is 54.7 Å². The van der Waals surface area contributed by atoms with E-state index in [1.54, 1.807) is 12.1 Å². The van der Waals surface area contributed by atoms with E-state index in [2.05, 4.69) is 21.2 Å². The molecule has 7 nitrogen and oxygen atoms in total. The van der Waals surface area contributed by atoms with Crippen LogP contribution in [0.3, 0.4) is 0 Å². The lowest BCUT2D eigenvalue weighted by molar-refractivity contribution is -0.385. The first-order valence-electron chi connectivity index (χ1n) is 6.42. The van der Waals surface area contributed by atoms with Gasteiger partial charge in [-0.25, -0.2) is 0 Å². The number of hydrogen-bond acceptors (Lipinski definition) is 6. The summed E-state index contributed by atoms with van der Waals surface area (Å²) in [6.07, 6.45) is -0.486. The van der Waals surface area contributed by atoms with Crippen LogP contribution >= 0.6 is 27.3 Å². The number of ketones is 1. The minimum absolute atomic E-state index is 0.0423. The Morgan fingerprint density at radius 2 is 2.13 bits per heavy atom. The van der Waals surface area contributed by atoms with E-state index in [9.17, 15) is 24.8 Å². The van der Waals surface area contributed by atoms with Crippen molar-refractivity contribution in [3.8, 4) is 0 Å². The lowest BCUT2D eigenvalue weighted by Crippen LogP contribution is -2.36. The van der Waals surface area contributed by atoms with Crippen LogP contribution in [-0.2, 0) is 10.4 Å². The van der Waals surface area contributed by atoms with Crippen molar-refractivity contribution in [2.45, 2.75) is 12.0 Å². The summed E-state index contributed by atoms with van der Waals surface area (Å²) >= 11 is 4.42. The van der Waals surface area contributed by atoms with Gasteiger partial charge >= 0.3 is 0 Å². The maximum absolute atomic E-state index is 12.3. The molecular weight excluding hydrogens is 388 g/mol. The number of thiophene rings is 1. The molecule has 1 amide bonds. The van der Waals surface area contributed by atoms with E-state index in [0.717, 1.165) is 9.85 Å². The fourth-order valence-corrected chi connectivity index (χ4v) is 3.73. The minimum atomic E-state index is -2.12. The molecule has 3 rings (SSSR count). The number of fused-ring (bicyclic) bond motifs is 1. The molecule has 1 aliphatic heterocycles. The highest BCUT2D eigenvalue weighted by molar-refractivity contribution is 9.11. The average Bonchev–Trinajstić information content (AvgIpc) is 3.02. The van der Waals surface area contributed by atoms with Crippen molar-refractivity contribution in [1.82, 2.24) is 0 Å². The van der Waals surface area contributed by atoms with Crippen molar-refractivity contribution in [2.24, 2.45) is 0 Å². The third kappa shape index (κ3) is 2.67. The van der Waals surface area contributed by atoms with Crippen LogP contribution < -0.4 is 5.32 Å². The predicted octanol–water partition coefficient (Wildman–Crippen LogP) is 2.83. The number of hydrogen-bond donors (Lipinski definition) is 2. The molecule has 1 aromatic carbocycles. The highest BCUT2D eigenvalue weighted by atomic mass is 79.9. The quantitative estimate of drug-likeness (QED) is 0.469. The van der Waals surface area contributed by atoms with Gasteiger partial charge in [-0.2, -0.15) is 0 Å². The fraction of sp³-hybridized carbons (Fsp3) is 0.143. The lowest BCUT2D eigenvalue weighted by atomic mass is 9.89. The molecule has 0 radical (unpaired) electrons. The molecule has 2 aromatic rings. The zero-order chi connectivity index (χ0) is 16.8.